The van der Waals surface area contributed by atoms with Crippen LogP contribution in [0.2, 0.25) is 0 Å². The summed E-state index contributed by atoms with van der Waals surface area (Å²) in [5.74, 6) is 0. The SMILES string of the molecule is OCc1cc(CO)n(C2CCCCO2)n1. The van der Waals surface area contributed by atoms with Crippen molar-refractivity contribution in [3.05, 3.63) is 17.5 Å². The minimum absolute atomic E-state index is 0.0765. The predicted octanol–water partition coefficient (Wildman–Crippen LogP) is 0.567. The Morgan fingerprint density at radius 1 is 1.40 bits per heavy atom. The number of aliphatic hydroxyl groups is 2. The van der Waals surface area contributed by atoms with E-state index in [1.807, 2.05) is 0 Å². The number of hydrogen-bond donors (Lipinski definition) is 2. The van der Waals surface area contributed by atoms with Gasteiger partial charge >= 0.3 is 0 Å². The lowest BCUT2D eigenvalue weighted by atomic mass is 10.2. The molecule has 1 aliphatic heterocycles. The lowest BCUT2D eigenvalue weighted by Crippen LogP contribution is -2.21. The van der Waals surface area contributed by atoms with Crippen LogP contribution >= 0.6 is 0 Å². The highest BCUT2D eigenvalue weighted by Gasteiger charge is 2.19. The maximum Gasteiger partial charge on any atom is 0.150 e. The molecule has 84 valence electrons. The summed E-state index contributed by atoms with van der Waals surface area (Å²) in [6.07, 6.45) is 3.03. The average Bonchev–Trinajstić information content (AvgIpc) is 2.73. The summed E-state index contributed by atoms with van der Waals surface area (Å²) in [6, 6.07) is 1.71. The van der Waals surface area contributed by atoms with E-state index in [0.29, 0.717) is 11.4 Å². The Hall–Kier alpha value is -0.910. The molecule has 0 spiro atoms. The molecule has 2 N–H and O–H groups in total. The van der Waals surface area contributed by atoms with Gasteiger partial charge in [0.25, 0.3) is 0 Å². The maximum absolute atomic E-state index is 9.16. The van der Waals surface area contributed by atoms with Gasteiger partial charge in [0, 0.05) is 6.61 Å². The largest absolute Gasteiger partial charge is 0.390 e. The second kappa shape index (κ2) is 4.74. The molecule has 0 amide bonds. The topological polar surface area (TPSA) is 67.5 Å². The highest BCUT2D eigenvalue weighted by atomic mass is 16.5. The summed E-state index contributed by atoms with van der Waals surface area (Å²) >= 11 is 0. The van der Waals surface area contributed by atoms with Crippen molar-refractivity contribution in [2.45, 2.75) is 38.7 Å². The lowest BCUT2D eigenvalue weighted by Gasteiger charge is -2.24. The third-order valence-corrected chi connectivity index (χ3v) is 2.62. The molecule has 5 nitrogen and oxygen atoms in total. The summed E-state index contributed by atoms with van der Waals surface area (Å²) in [4.78, 5) is 0. The van der Waals surface area contributed by atoms with Crippen molar-refractivity contribution in [1.29, 1.82) is 0 Å². The quantitative estimate of drug-likeness (QED) is 0.768. The normalized spacial score (nSPS) is 21.9. The summed E-state index contributed by atoms with van der Waals surface area (Å²) in [6.45, 7) is 0.559. The van der Waals surface area contributed by atoms with E-state index in [1.54, 1.807) is 10.7 Å². The molecule has 1 fully saturated rings. The minimum Gasteiger partial charge on any atom is -0.390 e. The molecule has 2 heterocycles. The highest BCUT2D eigenvalue weighted by molar-refractivity contribution is 5.09. The third kappa shape index (κ3) is 2.19. The molecule has 0 bridgehead atoms. The molecule has 1 aromatic rings. The van der Waals surface area contributed by atoms with Gasteiger partial charge < -0.3 is 14.9 Å². The first kappa shape index (κ1) is 10.6. The van der Waals surface area contributed by atoms with Crippen LogP contribution in [0.3, 0.4) is 0 Å². The van der Waals surface area contributed by atoms with Crippen LogP contribution in [-0.2, 0) is 18.0 Å². The summed E-state index contributed by atoms with van der Waals surface area (Å²) in [5.41, 5.74) is 1.28. The van der Waals surface area contributed by atoms with Gasteiger partial charge in [0.05, 0.1) is 24.6 Å². The van der Waals surface area contributed by atoms with Crippen molar-refractivity contribution in [3.63, 3.8) is 0 Å². The molecule has 5 heteroatoms. The van der Waals surface area contributed by atoms with Gasteiger partial charge in [-0.2, -0.15) is 5.10 Å². The Morgan fingerprint density at radius 3 is 2.87 bits per heavy atom. The summed E-state index contributed by atoms with van der Waals surface area (Å²) < 4.78 is 7.26. The Kier molecular flexibility index (Phi) is 3.35. The first-order valence-corrected chi connectivity index (χ1v) is 5.25. The molecule has 1 aliphatic rings. The smallest absolute Gasteiger partial charge is 0.150 e. The van der Waals surface area contributed by atoms with Crippen LogP contribution in [0.1, 0.15) is 36.9 Å². The van der Waals surface area contributed by atoms with Gasteiger partial charge in [-0.15, -0.1) is 0 Å². The molecule has 1 aromatic heterocycles. The molecule has 15 heavy (non-hydrogen) atoms. The van der Waals surface area contributed by atoms with E-state index in [9.17, 15) is 0 Å². The maximum atomic E-state index is 9.16. The highest BCUT2D eigenvalue weighted by Crippen LogP contribution is 2.23. The summed E-state index contributed by atoms with van der Waals surface area (Å²) in [5, 5.41) is 22.3. The summed E-state index contributed by atoms with van der Waals surface area (Å²) in [7, 11) is 0. The fourth-order valence-corrected chi connectivity index (χ4v) is 1.85. The molecule has 0 aliphatic carbocycles. The van der Waals surface area contributed by atoms with Crippen LogP contribution in [0.4, 0.5) is 0 Å². The van der Waals surface area contributed by atoms with E-state index in [4.69, 9.17) is 14.9 Å². The van der Waals surface area contributed by atoms with Crippen LogP contribution in [0.25, 0.3) is 0 Å². The Balaban J connectivity index is 2.20. The van der Waals surface area contributed by atoms with Gasteiger partial charge in [0.15, 0.2) is 6.23 Å². The van der Waals surface area contributed by atoms with Gasteiger partial charge in [-0.3, -0.25) is 0 Å². The standard InChI is InChI=1S/C10H16N2O3/c13-6-8-5-9(7-14)12(11-8)10-3-1-2-4-15-10/h5,10,13-14H,1-4,6-7H2. The zero-order chi connectivity index (χ0) is 10.7. The molecule has 1 unspecified atom stereocenters. The average molecular weight is 212 g/mol. The van der Waals surface area contributed by atoms with Crippen LogP contribution < -0.4 is 0 Å². The van der Waals surface area contributed by atoms with E-state index >= 15 is 0 Å². The van der Waals surface area contributed by atoms with Crippen molar-refractivity contribution in [2.24, 2.45) is 0 Å². The third-order valence-electron chi connectivity index (χ3n) is 2.62. The zero-order valence-corrected chi connectivity index (χ0v) is 8.59. The first-order chi connectivity index (χ1) is 7.35. The number of aromatic nitrogens is 2. The van der Waals surface area contributed by atoms with E-state index < -0.39 is 0 Å². The van der Waals surface area contributed by atoms with Crippen LogP contribution in [0.15, 0.2) is 6.07 Å². The van der Waals surface area contributed by atoms with Gasteiger partial charge in [-0.25, -0.2) is 4.68 Å². The zero-order valence-electron chi connectivity index (χ0n) is 8.59. The van der Waals surface area contributed by atoms with Gasteiger partial charge in [-0.05, 0) is 25.3 Å². The first-order valence-electron chi connectivity index (χ1n) is 5.25. The van der Waals surface area contributed by atoms with Crippen molar-refractivity contribution in [1.82, 2.24) is 9.78 Å². The molecule has 2 rings (SSSR count). The molecule has 1 atom stereocenters. The second-order valence-corrected chi connectivity index (χ2v) is 3.71. The van der Waals surface area contributed by atoms with Crippen LogP contribution in [0, 0.1) is 0 Å². The van der Waals surface area contributed by atoms with E-state index in [1.165, 1.54) is 0 Å². The molecular weight excluding hydrogens is 196 g/mol. The Morgan fingerprint density at radius 2 is 2.27 bits per heavy atom. The number of ether oxygens (including phenoxy) is 1. The monoisotopic (exact) mass is 212 g/mol. The van der Waals surface area contributed by atoms with Crippen LogP contribution in [-0.4, -0.2) is 26.6 Å². The van der Waals surface area contributed by atoms with Crippen molar-refractivity contribution >= 4 is 0 Å². The predicted molar refractivity (Wildman–Crippen MR) is 52.9 cm³/mol. The number of aliphatic hydroxyl groups excluding tert-OH is 2. The van der Waals surface area contributed by atoms with Gasteiger partial charge in [-0.1, -0.05) is 0 Å². The molecular formula is C10H16N2O3. The fourth-order valence-electron chi connectivity index (χ4n) is 1.85. The van der Waals surface area contributed by atoms with E-state index in [-0.39, 0.29) is 19.4 Å². The molecule has 0 radical (unpaired) electrons. The van der Waals surface area contributed by atoms with Crippen molar-refractivity contribution in [2.75, 3.05) is 6.61 Å². The molecule has 0 saturated carbocycles. The van der Waals surface area contributed by atoms with Gasteiger partial charge in [0.1, 0.15) is 0 Å². The fraction of sp³-hybridized carbons (Fsp3) is 0.700. The number of hydrogen-bond acceptors (Lipinski definition) is 4. The number of rotatable bonds is 3. The Bertz CT molecular complexity index is 318. The lowest BCUT2D eigenvalue weighted by molar-refractivity contribution is -0.0430. The van der Waals surface area contributed by atoms with Gasteiger partial charge in [0.2, 0.25) is 0 Å². The van der Waals surface area contributed by atoms with Crippen molar-refractivity contribution in [3.8, 4) is 0 Å². The van der Waals surface area contributed by atoms with Crippen LogP contribution in [0.5, 0.6) is 0 Å². The Labute approximate surface area is 88.3 Å². The van der Waals surface area contributed by atoms with Crippen molar-refractivity contribution < 1.29 is 14.9 Å². The number of nitrogens with zero attached hydrogens (tertiary/aromatic N) is 2. The second-order valence-electron chi connectivity index (χ2n) is 3.71. The molecule has 0 aromatic carbocycles. The molecule has 1 saturated heterocycles. The van der Waals surface area contributed by atoms with E-state index in [0.717, 1.165) is 25.9 Å². The minimum atomic E-state index is -0.104. The van der Waals surface area contributed by atoms with E-state index in [2.05, 4.69) is 5.10 Å².